The van der Waals surface area contributed by atoms with E-state index in [4.69, 9.17) is 0 Å². The Balaban J connectivity index is 1.80. The SMILES string of the molecule is CC(=O)Nc1ccccc1C(=O)N[C@H](Cc1ccc2ccccc2n1)C(=O)O. The molecule has 3 aromatic rings. The molecule has 0 aliphatic rings. The van der Waals surface area contributed by atoms with Crippen LogP contribution in [0.2, 0.25) is 0 Å². The molecular formula is C21H19N3O4. The lowest BCUT2D eigenvalue weighted by Crippen LogP contribution is -2.42. The first kappa shape index (κ1) is 19.0. The van der Waals surface area contributed by atoms with Crippen molar-refractivity contribution in [2.45, 2.75) is 19.4 Å². The normalized spacial score (nSPS) is 11.6. The Morgan fingerprint density at radius 1 is 1.00 bits per heavy atom. The molecule has 28 heavy (non-hydrogen) atoms. The number of nitrogens with one attached hydrogen (secondary N) is 2. The summed E-state index contributed by atoms with van der Waals surface area (Å²) >= 11 is 0. The number of anilines is 1. The lowest BCUT2D eigenvalue weighted by atomic mass is 10.1. The van der Waals surface area contributed by atoms with Crippen LogP contribution in [-0.2, 0) is 16.0 Å². The van der Waals surface area contributed by atoms with Gasteiger partial charge in [-0.25, -0.2) is 4.79 Å². The van der Waals surface area contributed by atoms with Gasteiger partial charge in [0.1, 0.15) is 6.04 Å². The number of aliphatic carboxylic acids is 1. The summed E-state index contributed by atoms with van der Waals surface area (Å²) in [4.78, 5) is 40.1. The van der Waals surface area contributed by atoms with Crippen LogP contribution in [0.1, 0.15) is 23.0 Å². The molecule has 0 bridgehead atoms. The Morgan fingerprint density at radius 3 is 2.46 bits per heavy atom. The smallest absolute Gasteiger partial charge is 0.326 e. The first-order valence-corrected chi connectivity index (χ1v) is 8.69. The largest absolute Gasteiger partial charge is 0.480 e. The Hall–Kier alpha value is -3.74. The van der Waals surface area contributed by atoms with Crippen molar-refractivity contribution in [3.63, 3.8) is 0 Å². The molecule has 1 heterocycles. The van der Waals surface area contributed by atoms with Gasteiger partial charge in [-0.05, 0) is 24.3 Å². The molecule has 3 N–H and O–H groups in total. The fourth-order valence-corrected chi connectivity index (χ4v) is 2.85. The van der Waals surface area contributed by atoms with Gasteiger partial charge < -0.3 is 15.7 Å². The average Bonchev–Trinajstić information content (AvgIpc) is 2.67. The molecule has 0 saturated carbocycles. The fourth-order valence-electron chi connectivity index (χ4n) is 2.85. The molecule has 0 saturated heterocycles. The third-order valence-electron chi connectivity index (χ3n) is 4.16. The highest BCUT2D eigenvalue weighted by Crippen LogP contribution is 2.16. The highest BCUT2D eigenvalue weighted by Gasteiger charge is 2.23. The summed E-state index contributed by atoms with van der Waals surface area (Å²) in [6.07, 6.45) is 0.0359. The van der Waals surface area contributed by atoms with Gasteiger partial charge in [-0.1, -0.05) is 36.4 Å². The van der Waals surface area contributed by atoms with Crippen molar-refractivity contribution in [2.75, 3.05) is 5.32 Å². The molecule has 2 amide bonds. The molecule has 0 fully saturated rings. The van der Waals surface area contributed by atoms with Crippen molar-refractivity contribution in [3.05, 3.63) is 71.9 Å². The van der Waals surface area contributed by atoms with E-state index in [9.17, 15) is 19.5 Å². The quantitative estimate of drug-likeness (QED) is 0.612. The number of rotatable bonds is 6. The molecule has 7 nitrogen and oxygen atoms in total. The molecule has 2 aromatic carbocycles. The highest BCUT2D eigenvalue weighted by molar-refractivity contribution is 6.04. The minimum Gasteiger partial charge on any atom is -0.480 e. The van der Waals surface area contributed by atoms with E-state index in [1.54, 1.807) is 24.3 Å². The van der Waals surface area contributed by atoms with E-state index in [0.29, 0.717) is 11.4 Å². The van der Waals surface area contributed by atoms with Gasteiger partial charge in [0.25, 0.3) is 5.91 Å². The zero-order chi connectivity index (χ0) is 20.1. The number of hydrogen-bond acceptors (Lipinski definition) is 4. The van der Waals surface area contributed by atoms with Crippen LogP contribution in [0.5, 0.6) is 0 Å². The molecule has 1 aromatic heterocycles. The second-order valence-corrected chi connectivity index (χ2v) is 6.29. The number of fused-ring (bicyclic) bond motifs is 1. The van der Waals surface area contributed by atoms with E-state index in [1.807, 2.05) is 30.3 Å². The highest BCUT2D eigenvalue weighted by atomic mass is 16.4. The number of carbonyl (C=O) groups is 3. The van der Waals surface area contributed by atoms with Crippen LogP contribution in [0, 0.1) is 0 Å². The number of pyridine rings is 1. The molecule has 0 spiro atoms. The van der Waals surface area contributed by atoms with Gasteiger partial charge in [0.15, 0.2) is 0 Å². The van der Waals surface area contributed by atoms with Crippen LogP contribution in [0.25, 0.3) is 10.9 Å². The summed E-state index contributed by atoms with van der Waals surface area (Å²) in [7, 11) is 0. The number of carboxylic acids is 1. The summed E-state index contributed by atoms with van der Waals surface area (Å²) in [6, 6.07) is 16.4. The summed E-state index contributed by atoms with van der Waals surface area (Å²) in [5.74, 6) is -2.08. The summed E-state index contributed by atoms with van der Waals surface area (Å²) in [5, 5.41) is 15.6. The molecular weight excluding hydrogens is 358 g/mol. The van der Waals surface area contributed by atoms with E-state index >= 15 is 0 Å². The molecule has 0 radical (unpaired) electrons. The van der Waals surface area contributed by atoms with Crippen molar-refractivity contribution < 1.29 is 19.5 Å². The standard InChI is InChI=1S/C21H19N3O4/c1-13(25)22-18-9-5-3-7-16(18)20(26)24-19(21(27)28)12-15-11-10-14-6-2-4-8-17(14)23-15/h2-11,19H,12H2,1H3,(H,22,25)(H,24,26)(H,27,28)/t19-/m1/s1. The van der Waals surface area contributed by atoms with Crippen molar-refractivity contribution >= 4 is 34.4 Å². The third-order valence-corrected chi connectivity index (χ3v) is 4.16. The predicted molar refractivity (Wildman–Crippen MR) is 105 cm³/mol. The maximum Gasteiger partial charge on any atom is 0.326 e. The van der Waals surface area contributed by atoms with Crippen molar-refractivity contribution in [1.82, 2.24) is 10.3 Å². The van der Waals surface area contributed by atoms with E-state index in [1.165, 1.54) is 13.0 Å². The number of nitrogens with zero attached hydrogens (tertiary/aromatic N) is 1. The Bertz CT molecular complexity index is 1050. The zero-order valence-corrected chi connectivity index (χ0v) is 15.2. The van der Waals surface area contributed by atoms with Gasteiger partial charge in [-0.3, -0.25) is 14.6 Å². The first-order chi connectivity index (χ1) is 13.4. The number of para-hydroxylation sites is 2. The van der Waals surface area contributed by atoms with Crippen LogP contribution >= 0.6 is 0 Å². The van der Waals surface area contributed by atoms with E-state index in [0.717, 1.165) is 10.9 Å². The summed E-state index contributed by atoms with van der Waals surface area (Å²) in [5.41, 5.74) is 1.82. The van der Waals surface area contributed by atoms with E-state index in [2.05, 4.69) is 15.6 Å². The van der Waals surface area contributed by atoms with Crippen LogP contribution in [0.15, 0.2) is 60.7 Å². The Morgan fingerprint density at radius 2 is 1.71 bits per heavy atom. The number of carbonyl (C=O) groups excluding carboxylic acids is 2. The predicted octanol–water partition coefficient (Wildman–Crippen LogP) is 2.62. The molecule has 142 valence electrons. The Kier molecular flexibility index (Phi) is 5.64. The number of hydrogen-bond donors (Lipinski definition) is 3. The van der Waals surface area contributed by atoms with E-state index in [-0.39, 0.29) is 17.9 Å². The molecule has 0 aliphatic heterocycles. The minimum absolute atomic E-state index is 0.0359. The van der Waals surface area contributed by atoms with Gasteiger partial charge in [-0.2, -0.15) is 0 Å². The molecule has 0 unspecified atom stereocenters. The second-order valence-electron chi connectivity index (χ2n) is 6.29. The van der Waals surface area contributed by atoms with Gasteiger partial charge in [0.2, 0.25) is 5.91 Å². The van der Waals surface area contributed by atoms with E-state index < -0.39 is 17.9 Å². The fraction of sp³-hybridized carbons (Fsp3) is 0.143. The number of benzene rings is 2. The average molecular weight is 377 g/mol. The lowest BCUT2D eigenvalue weighted by molar-refractivity contribution is -0.139. The number of amides is 2. The monoisotopic (exact) mass is 377 g/mol. The zero-order valence-electron chi connectivity index (χ0n) is 15.2. The van der Waals surface area contributed by atoms with Gasteiger partial charge in [0.05, 0.1) is 16.8 Å². The first-order valence-electron chi connectivity index (χ1n) is 8.69. The molecule has 7 heteroatoms. The van der Waals surface area contributed by atoms with Crippen molar-refractivity contribution in [3.8, 4) is 0 Å². The summed E-state index contributed by atoms with van der Waals surface area (Å²) in [6.45, 7) is 1.33. The van der Waals surface area contributed by atoms with Crippen LogP contribution in [0.4, 0.5) is 5.69 Å². The summed E-state index contributed by atoms with van der Waals surface area (Å²) < 4.78 is 0. The van der Waals surface area contributed by atoms with Crippen LogP contribution in [-0.4, -0.2) is 33.9 Å². The van der Waals surface area contributed by atoms with Gasteiger partial charge in [-0.15, -0.1) is 0 Å². The molecule has 1 atom stereocenters. The second kappa shape index (κ2) is 8.30. The van der Waals surface area contributed by atoms with Gasteiger partial charge in [0, 0.05) is 24.4 Å². The maximum atomic E-state index is 12.6. The topological polar surface area (TPSA) is 108 Å². The molecule has 0 aliphatic carbocycles. The lowest BCUT2D eigenvalue weighted by Gasteiger charge is -2.16. The van der Waals surface area contributed by atoms with Crippen LogP contribution < -0.4 is 10.6 Å². The third kappa shape index (κ3) is 4.50. The molecule has 3 rings (SSSR count). The number of aromatic nitrogens is 1. The minimum atomic E-state index is -1.17. The number of carboxylic acid groups (broad SMARTS) is 1. The van der Waals surface area contributed by atoms with Crippen molar-refractivity contribution in [1.29, 1.82) is 0 Å². The van der Waals surface area contributed by atoms with Gasteiger partial charge >= 0.3 is 5.97 Å². The maximum absolute atomic E-state index is 12.6. The van der Waals surface area contributed by atoms with Crippen LogP contribution in [0.3, 0.4) is 0 Å². The van der Waals surface area contributed by atoms with Crippen molar-refractivity contribution in [2.24, 2.45) is 0 Å². The Labute approximate surface area is 161 Å².